The van der Waals surface area contributed by atoms with Crippen molar-refractivity contribution in [2.24, 2.45) is 5.73 Å². The van der Waals surface area contributed by atoms with Gasteiger partial charge in [0, 0.05) is 16.5 Å². The highest BCUT2D eigenvalue weighted by Crippen LogP contribution is 2.29. The molecular formula is C13H14ClN. The van der Waals surface area contributed by atoms with Gasteiger partial charge in [-0.2, -0.15) is 0 Å². The summed E-state index contributed by atoms with van der Waals surface area (Å²) in [4.78, 5) is 0. The Morgan fingerprint density at radius 1 is 1.13 bits per heavy atom. The summed E-state index contributed by atoms with van der Waals surface area (Å²) in [6.45, 7) is 2.09. The molecule has 2 N–H and O–H groups in total. The molecule has 0 amide bonds. The Morgan fingerprint density at radius 2 is 1.80 bits per heavy atom. The van der Waals surface area contributed by atoms with Gasteiger partial charge >= 0.3 is 0 Å². The Balaban J connectivity index is 2.71. The quantitative estimate of drug-likeness (QED) is 0.815. The highest BCUT2D eigenvalue weighted by molar-refractivity contribution is 6.35. The van der Waals surface area contributed by atoms with Gasteiger partial charge in [-0.05, 0) is 23.4 Å². The Labute approximate surface area is 94.9 Å². The third-order valence-electron chi connectivity index (χ3n) is 2.74. The second-order valence-corrected chi connectivity index (χ2v) is 4.10. The Bertz CT molecular complexity index is 479. The van der Waals surface area contributed by atoms with Crippen LogP contribution in [0.25, 0.3) is 10.8 Å². The average molecular weight is 220 g/mol. The summed E-state index contributed by atoms with van der Waals surface area (Å²) in [7, 11) is 0. The minimum atomic E-state index is 0.0900. The zero-order valence-electron chi connectivity index (χ0n) is 8.70. The molecule has 0 spiro atoms. The molecule has 1 nitrogen and oxygen atoms in total. The first kappa shape index (κ1) is 10.5. The van der Waals surface area contributed by atoms with Crippen molar-refractivity contribution in [2.75, 3.05) is 0 Å². The highest BCUT2D eigenvalue weighted by atomic mass is 35.5. The summed E-state index contributed by atoms with van der Waals surface area (Å²) < 4.78 is 0. The maximum Gasteiger partial charge on any atom is 0.0484 e. The summed E-state index contributed by atoms with van der Waals surface area (Å²) >= 11 is 6.14. The zero-order chi connectivity index (χ0) is 10.8. The maximum absolute atomic E-state index is 6.14. The van der Waals surface area contributed by atoms with E-state index in [2.05, 4.69) is 13.0 Å². The summed E-state index contributed by atoms with van der Waals surface area (Å²) in [5, 5.41) is 3.04. The molecule has 0 aliphatic rings. The van der Waals surface area contributed by atoms with E-state index < -0.39 is 0 Å². The van der Waals surface area contributed by atoms with Crippen molar-refractivity contribution in [3.8, 4) is 0 Å². The molecule has 0 bridgehead atoms. The predicted molar refractivity (Wildman–Crippen MR) is 66.2 cm³/mol. The normalized spacial score (nSPS) is 13.0. The van der Waals surface area contributed by atoms with E-state index >= 15 is 0 Å². The molecule has 0 aliphatic carbocycles. The molecule has 0 aromatic heterocycles. The van der Waals surface area contributed by atoms with Crippen LogP contribution in [0.2, 0.25) is 5.02 Å². The minimum absolute atomic E-state index is 0.0900. The van der Waals surface area contributed by atoms with E-state index in [1.165, 1.54) is 10.9 Å². The summed E-state index contributed by atoms with van der Waals surface area (Å²) in [5.41, 5.74) is 7.25. The first-order chi connectivity index (χ1) is 7.24. The maximum atomic E-state index is 6.14. The number of rotatable bonds is 2. The standard InChI is InChI=1S/C13H14ClN/c1-2-13(15)11-7-8-12(14)10-6-4-3-5-9(10)11/h3-8,13H,2,15H2,1H3. The predicted octanol–water partition coefficient (Wildman–Crippen LogP) is 3.90. The molecule has 0 saturated carbocycles. The van der Waals surface area contributed by atoms with E-state index in [4.69, 9.17) is 17.3 Å². The van der Waals surface area contributed by atoms with Gasteiger partial charge in [0.25, 0.3) is 0 Å². The van der Waals surface area contributed by atoms with Crippen molar-refractivity contribution >= 4 is 22.4 Å². The fourth-order valence-corrected chi connectivity index (χ4v) is 2.06. The smallest absolute Gasteiger partial charge is 0.0484 e. The largest absolute Gasteiger partial charge is 0.324 e. The van der Waals surface area contributed by atoms with Gasteiger partial charge in [-0.1, -0.05) is 48.9 Å². The van der Waals surface area contributed by atoms with E-state index in [-0.39, 0.29) is 6.04 Å². The molecule has 0 fully saturated rings. The summed E-state index contributed by atoms with van der Waals surface area (Å²) in [5.74, 6) is 0. The molecular weight excluding hydrogens is 206 g/mol. The van der Waals surface area contributed by atoms with Crippen molar-refractivity contribution < 1.29 is 0 Å². The third-order valence-corrected chi connectivity index (χ3v) is 3.07. The Hall–Kier alpha value is -1.05. The summed E-state index contributed by atoms with van der Waals surface area (Å²) in [6, 6.07) is 12.2. The van der Waals surface area contributed by atoms with E-state index in [9.17, 15) is 0 Å². The van der Waals surface area contributed by atoms with Crippen LogP contribution in [0.1, 0.15) is 24.9 Å². The van der Waals surface area contributed by atoms with Gasteiger partial charge in [0.1, 0.15) is 0 Å². The van der Waals surface area contributed by atoms with Crippen molar-refractivity contribution in [3.63, 3.8) is 0 Å². The lowest BCUT2D eigenvalue weighted by Gasteiger charge is -2.13. The fraction of sp³-hybridized carbons (Fsp3) is 0.231. The van der Waals surface area contributed by atoms with E-state index in [0.29, 0.717) is 0 Å². The number of fused-ring (bicyclic) bond motifs is 1. The van der Waals surface area contributed by atoms with Crippen molar-refractivity contribution in [3.05, 3.63) is 47.0 Å². The molecule has 1 atom stereocenters. The SMILES string of the molecule is CCC(N)c1ccc(Cl)c2ccccc12. The first-order valence-corrected chi connectivity index (χ1v) is 5.54. The topological polar surface area (TPSA) is 26.0 Å². The van der Waals surface area contributed by atoms with E-state index in [0.717, 1.165) is 16.8 Å². The van der Waals surface area contributed by atoms with Crippen LogP contribution in [0.4, 0.5) is 0 Å². The van der Waals surface area contributed by atoms with Gasteiger partial charge in [0.15, 0.2) is 0 Å². The average Bonchev–Trinajstić information content (AvgIpc) is 2.29. The van der Waals surface area contributed by atoms with Gasteiger partial charge in [0.05, 0.1) is 0 Å². The van der Waals surface area contributed by atoms with Gasteiger partial charge < -0.3 is 5.73 Å². The molecule has 2 heteroatoms. The van der Waals surface area contributed by atoms with Crippen molar-refractivity contribution in [2.45, 2.75) is 19.4 Å². The number of hydrogen-bond acceptors (Lipinski definition) is 1. The number of nitrogens with two attached hydrogens (primary N) is 1. The molecule has 2 aromatic rings. The van der Waals surface area contributed by atoms with Crippen molar-refractivity contribution in [1.29, 1.82) is 0 Å². The Kier molecular flexibility index (Phi) is 2.94. The van der Waals surface area contributed by atoms with Crippen LogP contribution in [0, 0.1) is 0 Å². The highest BCUT2D eigenvalue weighted by Gasteiger charge is 2.09. The lowest BCUT2D eigenvalue weighted by atomic mass is 9.98. The van der Waals surface area contributed by atoms with Gasteiger partial charge in [-0.25, -0.2) is 0 Å². The number of benzene rings is 2. The van der Waals surface area contributed by atoms with Crippen LogP contribution in [0.3, 0.4) is 0 Å². The molecule has 2 aromatic carbocycles. The zero-order valence-corrected chi connectivity index (χ0v) is 9.46. The van der Waals surface area contributed by atoms with Crippen LogP contribution in [0.15, 0.2) is 36.4 Å². The van der Waals surface area contributed by atoms with E-state index in [1.807, 2.05) is 30.3 Å². The van der Waals surface area contributed by atoms with Gasteiger partial charge in [-0.3, -0.25) is 0 Å². The minimum Gasteiger partial charge on any atom is -0.324 e. The lowest BCUT2D eigenvalue weighted by Crippen LogP contribution is -2.08. The molecule has 2 rings (SSSR count). The number of hydrogen-bond donors (Lipinski definition) is 1. The van der Waals surface area contributed by atoms with Crippen LogP contribution in [0.5, 0.6) is 0 Å². The Morgan fingerprint density at radius 3 is 2.47 bits per heavy atom. The van der Waals surface area contributed by atoms with Crippen LogP contribution in [-0.2, 0) is 0 Å². The van der Waals surface area contributed by atoms with Crippen LogP contribution >= 0.6 is 11.6 Å². The molecule has 78 valence electrons. The third kappa shape index (κ3) is 1.85. The molecule has 0 radical (unpaired) electrons. The van der Waals surface area contributed by atoms with Gasteiger partial charge in [-0.15, -0.1) is 0 Å². The number of halogens is 1. The van der Waals surface area contributed by atoms with Gasteiger partial charge in [0.2, 0.25) is 0 Å². The van der Waals surface area contributed by atoms with Crippen LogP contribution in [-0.4, -0.2) is 0 Å². The summed E-state index contributed by atoms with van der Waals surface area (Å²) in [6.07, 6.45) is 0.936. The first-order valence-electron chi connectivity index (χ1n) is 5.16. The molecule has 15 heavy (non-hydrogen) atoms. The van der Waals surface area contributed by atoms with Crippen LogP contribution < -0.4 is 5.73 Å². The second kappa shape index (κ2) is 4.21. The molecule has 1 unspecified atom stereocenters. The molecule has 0 saturated heterocycles. The second-order valence-electron chi connectivity index (χ2n) is 3.70. The fourth-order valence-electron chi connectivity index (χ4n) is 1.83. The molecule has 0 aliphatic heterocycles. The molecule has 0 heterocycles. The van der Waals surface area contributed by atoms with E-state index in [1.54, 1.807) is 0 Å². The van der Waals surface area contributed by atoms with Crippen molar-refractivity contribution in [1.82, 2.24) is 0 Å². The lowest BCUT2D eigenvalue weighted by molar-refractivity contribution is 0.704. The monoisotopic (exact) mass is 219 g/mol.